The van der Waals surface area contributed by atoms with Gasteiger partial charge in [0, 0.05) is 30.8 Å². The average molecular weight is 412 g/mol. The maximum Gasteiger partial charge on any atom is 0.328 e. The lowest BCUT2D eigenvalue weighted by atomic mass is 9.77. The van der Waals surface area contributed by atoms with Crippen LogP contribution in [0.5, 0.6) is 0 Å². The van der Waals surface area contributed by atoms with Crippen LogP contribution in [-0.2, 0) is 14.4 Å². The summed E-state index contributed by atoms with van der Waals surface area (Å²) in [7, 11) is 0. The largest absolute Gasteiger partial charge is 0.478 e. The zero-order valence-corrected chi connectivity index (χ0v) is 16.8. The lowest BCUT2D eigenvalue weighted by Crippen LogP contribution is -2.49. The summed E-state index contributed by atoms with van der Waals surface area (Å²) in [6, 6.07) is 0. The Morgan fingerprint density at radius 3 is 2.46 bits per heavy atom. The number of fused-ring (bicyclic) bond motifs is 3. The highest BCUT2D eigenvalue weighted by Gasteiger charge is 2.39. The fraction of sp³-hybridized carbons (Fsp3) is 0.579. The third-order valence-electron chi connectivity index (χ3n) is 4.97. The Morgan fingerprint density at radius 1 is 1.25 bits per heavy atom. The molecule has 4 rings (SSSR count). The molecule has 4 aliphatic rings. The Labute approximate surface area is 170 Å². The van der Waals surface area contributed by atoms with Gasteiger partial charge >= 0.3 is 11.9 Å². The second-order valence-corrected chi connectivity index (χ2v) is 7.66. The van der Waals surface area contributed by atoms with Gasteiger partial charge in [-0.1, -0.05) is 6.08 Å². The van der Waals surface area contributed by atoms with Gasteiger partial charge in [-0.15, -0.1) is 6.58 Å². The Morgan fingerprint density at radius 2 is 1.93 bits per heavy atom. The molecule has 0 aromatic rings. The predicted octanol–water partition coefficient (Wildman–Crippen LogP) is 2.64. The first-order valence-electron chi connectivity index (χ1n) is 9.54. The highest BCUT2D eigenvalue weighted by Crippen LogP contribution is 2.40. The SMILES string of the molecule is C=CCCCCON1SNC=C1C1CN2CCC1CC2.O=C(O)/C=C/C(=O)O. The molecule has 156 valence electrons. The van der Waals surface area contributed by atoms with Crippen LogP contribution in [0.3, 0.4) is 0 Å². The number of nitrogens with one attached hydrogen (secondary N) is 1. The molecular formula is C19H29N3O5S. The number of nitrogens with zero attached hydrogens (tertiary/aromatic N) is 2. The molecule has 3 N–H and O–H groups in total. The van der Waals surface area contributed by atoms with Crippen LogP contribution in [0.2, 0.25) is 0 Å². The van der Waals surface area contributed by atoms with E-state index < -0.39 is 11.9 Å². The number of hydrogen-bond acceptors (Lipinski definition) is 7. The van der Waals surface area contributed by atoms with Crippen molar-refractivity contribution >= 4 is 24.1 Å². The summed E-state index contributed by atoms with van der Waals surface area (Å²) < 4.78 is 5.27. The summed E-state index contributed by atoms with van der Waals surface area (Å²) in [4.78, 5) is 27.6. The number of hydrogen-bond donors (Lipinski definition) is 3. The number of carboxylic acid groups (broad SMARTS) is 2. The summed E-state index contributed by atoms with van der Waals surface area (Å²) >= 11 is 1.57. The van der Waals surface area contributed by atoms with Crippen molar-refractivity contribution in [3.05, 3.63) is 36.7 Å². The van der Waals surface area contributed by atoms with E-state index in [1.165, 1.54) is 38.2 Å². The number of rotatable bonds is 9. The minimum absolute atomic E-state index is 0.558. The van der Waals surface area contributed by atoms with Crippen LogP contribution in [0.15, 0.2) is 36.7 Å². The first-order valence-corrected chi connectivity index (χ1v) is 10.3. The molecule has 0 aromatic heterocycles. The lowest BCUT2D eigenvalue weighted by Gasteiger charge is -2.45. The van der Waals surface area contributed by atoms with E-state index in [0.29, 0.717) is 18.1 Å². The van der Waals surface area contributed by atoms with E-state index in [4.69, 9.17) is 15.1 Å². The van der Waals surface area contributed by atoms with Gasteiger partial charge in [-0.3, -0.25) is 4.84 Å². The van der Waals surface area contributed by atoms with E-state index in [2.05, 4.69) is 22.4 Å². The number of hydroxylamine groups is 1. The molecule has 2 bridgehead atoms. The second kappa shape index (κ2) is 11.8. The number of unbranched alkanes of at least 4 members (excludes halogenated alkanes) is 2. The fourth-order valence-electron chi connectivity index (χ4n) is 3.56. The third-order valence-corrected chi connectivity index (χ3v) is 5.67. The first-order chi connectivity index (χ1) is 13.5. The zero-order valence-electron chi connectivity index (χ0n) is 16.0. The molecule has 1 unspecified atom stereocenters. The van der Waals surface area contributed by atoms with Gasteiger partial charge in [-0.05, 0) is 51.1 Å². The van der Waals surface area contributed by atoms with E-state index in [-0.39, 0.29) is 0 Å². The van der Waals surface area contributed by atoms with Gasteiger partial charge in [-0.25, -0.2) is 9.59 Å². The van der Waals surface area contributed by atoms with Crippen molar-refractivity contribution in [3.8, 4) is 0 Å². The lowest BCUT2D eigenvalue weighted by molar-refractivity contribution is -0.134. The molecule has 0 saturated carbocycles. The number of carboxylic acids is 2. The Balaban J connectivity index is 0.000000300. The highest BCUT2D eigenvalue weighted by molar-refractivity contribution is 7.95. The van der Waals surface area contributed by atoms with Crippen LogP contribution in [0.4, 0.5) is 0 Å². The Hall–Kier alpha value is -1.97. The minimum atomic E-state index is -1.26. The Kier molecular flexibility index (Phi) is 9.39. The standard InChI is InChI=1S/C15H25N3OS.C4H4O4/c1-2-3-4-5-10-19-18-15(11-16-20-18)14-12-17-8-6-13(14)7-9-17;5-3(6)1-2-4(7)8/h2,11,13-14,16H,1,3-10,12H2;1-2H,(H,5,6)(H,7,8)/b;2-1+. The molecule has 0 aliphatic carbocycles. The summed E-state index contributed by atoms with van der Waals surface area (Å²) in [6.45, 7) is 8.33. The van der Waals surface area contributed by atoms with Gasteiger partial charge in [0.15, 0.2) is 0 Å². The number of piperidine rings is 3. The van der Waals surface area contributed by atoms with Gasteiger partial charge in [0.25, 0.3) is 0 Å². The van der Waals surface area contributed by atoms with Crippen LogP contribution in [0.25, 0.3) is 0 Å². The molecule has 8 nitrogen and oxygen atoms in total. The molecular weight excluding hydrogens is 382 g/mol. The monoisotopic (exact) mass is 411 g/mol. The van der Waals surface area contributed by atoms with E-state index in [9.17, 15) is 9.59 Å². The quantitative estimate of drug-likeness (QED) is 0.229. The molecule has 0 amide bonds. The molecule has 0 spiro atoms. The van der Waals surface area contributed by atoms with Crippen molar-refractivity contribution in [3.63, 3.8) is 0 Å². The zero-order chi connectivity index (χ0) is 20.4. The van der Waals surface area contributed by atoms with Crippen molar-refractivity contribution < 1.29 is 24.6 Å². The van der Waals surface area contributed by atoms with E-state index in [1.807, 2.05) is 10.5 Å². The molecule has 9 heteroatoms. The molecule has 0 radical (unpaired) electrons. The normalized spacial score (nSPS) is 25.6. The van der Waals surface area contributed by atoms with Crippen molar-refractivity contribution in [1.82, 2.24) is 14.1 Å². The summed E-state index contributed by atoms with van der Waals surface area (Å²) in [5.41, 5.74) is 1.34. The van der Waals surface area contributed by atoms with Gasteiger partial charge in [0.2, 0.25) is 0 Å². The molecule has 28 heavy (non-hydrogen) atoms. The van der Waals surface area contributed by atoms with E-state index in [0.717, 1.165) is 31.8 Å². The average Bonchev–Trinajstić information content (AvgIpc) is 3.16. The summed E-state index contributed by atoms with van der Waals surface area (Å²) in [5, 5.41) is 15.6. The molecule has 4 aliphatic heterocycles. The third kappa shape index (κ3) is 7.21. The smallest absolute Gasteiger partial charge is 0.328 e. The number of aliphatic carboxylic acids is 2. The van der Waals surface area contributed by atoms with Crippen molar-refractivity contribution in [2.45, 2.75) is 32.1 Å². The topological polar surface area (TPSA) is 102 Å². The van der Waals surface area contributed by atoms with Gasteiger partial charge in [0.05, 0.1) is 24.4 Å². The first kappa shape index (κ1) is 22.3. The van der Waals surface area contributed by atoms with Crippen LogP contribution >= 0.6 is 12.1 Å². The molecule has 3 fully saturated rings. The minimum Gasteiger partial charge on any atom is -0.478 e. The van der Waals surface area contributed by atoms with E-state index >= 15 is 0 Å². The maximum absolute atomic E-state index is 9.55. The number of allylic oxidation sites excluding steroid dienone is 1. The second-order valence-electron chi connectivity index (χ2n) is 6.91. The highest BCUT2D eigenvalue weighted by atomic mass is 32.2. The molecule has 3 saturated heterocycles. The Bertz CT molecular complexity index is 586. The van der Waals surface area contributed by atoms with Crippen LogP contribution in [0.1, 0.15) is 32.1 Å². The fourth-order valence-corrected chi connectivity index (χ4v) is 4.25. The van der Waals surface area contributed by atoms with Crippen molar-refractivity contribution in [2.75, 3.05) is 26.2 Å². The predicted molar refractivity (Wildman–Crippen MR) is 108 cm³/mol. The number of carbonyl (C=O) groups is 2. The molecule has 1 atom stereocenters. The van der Waals surface area contributed by atoms with Gasteiger partial charge in [0.1, 0.15) is 0 Å². The van der Waals surface area contributed by atoms with E-state index in [1.54, 1.807) is 12.1 Å². The van der Waals surface area contributed by atoms with Crippen LogP contribution in [0, 0.1) is 11.8 Å². The summed E-state index contributed by atoms with van der Waals surface area (Å²) in [5.74, 6) is -1.02. The molecule has 4 heterocycles. The van der Waals surface area contributed by atoms with Crippen LogP contribution < -0.4 is 4.72 Å². The van der Waals surface area contributed by atoms with Crippen LogP contribution in [-0.4, -0.2) is 57.8 Å². The van der Waals surface area contributed by atoms with Gasteiger partial charge in [-0.2, -0.15) is 4.47 Å². The summed E-state index contributed by atoms with van der Waals surface area (Å²) in [6.07, 6.45) is 11.3. The maximum atomic E-state index is 9.55. The van der Waals surface area contributed by atoms with Crippen molar-refractivity contribution in [2.24, 2.45) is 11.8 Å². The molecule has 0 aromatic carbocycles. The van der Waals surface area contributed by atoms with Gasteiger partial charge < -0.3 is 19.8 Å². The van der Waals surface area contributed by atoms with Crippen molar-refractivity contribution in [1.29, 1.82) is 0 Å².